The number of esters is 1. The molecule has 0 aromatic heterocycles. The summed E-state index contributed by atoms with van der Waals surface area (Å²) >= 11 is 0. The molecule has 0 aliphatic heterocycles. The number of hydrogen-bond acceptors (Lipinski definition) is 3. The minimum absolute atomic E-state index is 0.291. The number of carbonyl (C=O) groups is 1. The molecule has 1 N–H and O–H groups in total. The van der Waals surface area contributed by atoms with E-state index in [-0.39, 0.29) is 5.97 Å². The van der Waals surface area contributed by atoms with Gasteiger partial charge in [0.1, 0.15) is 0 Å². The van der Waals surface area contributed by atoms with Crippen LogP contribution in [0.5, 0.6) is 0 Å². The molecule has 23 heavy (non-hydrogen) atoms. The molecule has 0 aromatic carbocycles. The van der Waals surface area contributed by atoms with Crippen LogP contribution in [0, 0.1) is 5.92 Å². The summed E-state index contributed by atoms with van der Waals surface area (Å²) in [4.78, 5) is 11.7. The number of ether oxygens (including phenoxy) is 1. The molecule has 0 heterocycles. The van der Waals surface area contributed by atoms with Crippen molar-refractivity contribution >= 4 is 5.97 Å². The van der Waals surface area contributed by atoms with Crippen molar-refractivity contribution in [2.75, 3.05) is 7.11 Å². The maximum absolute atomic E-state index is 11.7. The predicted molar refractivity (Wildman–Crippen MR) is 97.5 cm³/mol. The van der Waals surface area contributed by atoms with E-state index >= 15 is 0 Å². The van der Waals surface area contributed by atoms with Gasteiger partial charge in [-0.1, -0.05) is 84.0 Å². The number of methoxy groups -OCH3 is 1. The van der Waals surface area contributed by atoms with Gasteiger partial charge in [-0.3, -0.25) is 4.79 Å². The smallest absolute Gasteiger partial charge is 0.311 e. The highest BCUT2D eigenvalue weighted by atomic mass is 16.5. The molecule has 3 nitrogen and oxygen atoms in total. The van der Waals surface area contributed by atoms with Gasteiger partial charge in [0, 0.05) is 0 Å². The Hall–Kier alpha value is -0.570. The molecule has 1 atom stereocenters. The number of rotatable bonds is 15. The Kier molecular flexibility index (Phi) is 13.5. The second-order valence-electron chi connectivity index (χ2n) is 7.41. The van der Waals surface area contributed by atoms with Crippen molar-refractivity contribution in [3.8, 4) is 0 Å². The number of hydrogen-bond donors (Lipinski definition) is 1. The van der Waals surface area contributed by atoms with Gasteiger partial charge in [-0.15, -0.1) is 0 Å². The Bertz CT molecular complexity index is 281. The molecule has 0 amide bonds. The first-order valence-electron chi connectivity index (χ1n) is 9.73. The summed E-state index contributed by atoms with van der Waals surface area (Å²) in [7, 11) is 1.39. The molecule has 0 fully saturated rings. The first kappa shape index (κ1) is 22.4. The highest BCUT2D eigenvalue weighted by Crippen LogP contribution is 2.24. The second-order valence-corrected chi connectivity index (χ2v) is 7.41. The minimum Gasteiger partial charge on any atom is -0.469 e. The van der Waals surface area contributed by atoms with E-state index in [1.807, 2.05) is 0 Å². The molecule has 0 saturated heterocycles. The maximum Gasteiger partial charge on any atom is 0.311 e. The first-order valence-corrected chi connectivity index (χ1v) is 9.73. The van der Waals surface area contributed by atoms with Gasteiger partial charge in [0.15, 0.2) is 0 Å². The SMILES string of the molecule is CCCCCCCCCCCCCC[C@@H](C(=O)OC)C(C)(C)O. The quantitative estimate of drug-likeness (QED) is 0.313. The third kappa shape index (κ3) is 12.5. The molecule has 138 valence electrons. The predicted octanol–water partition coefficient (Wildman–Crippen LogP) is 5.64. The molecular formula is C20H40O3. The Balaban J connectivity index is 3.52. The van der Waals surface area contributed by atoms with Gasteiger partial charge < -0.3 is 9.84 Å². The largest absolute Gasteiger partial charge is 0.469 e. The monoisotopic (exact) mass is 328 g/mol. The van der Waals surface area contributed by atoms with Crippen LogP contribution in [0.2, 0.25) is 0 Å². The third-order valence-electron chi connectivity index (χ3n) is 4.68. The number of aliphatic hydroxyl groups is 1. The van der Waals surface area contributed by atoms with Crippen molar-refractivity contribution in [2.24, 2.45) is 5.92 Å². The standard InChI is InChI=1S/C20H40O3/c1-5-6-7-8-9-10-11-12-13-14-15-16-17-18(19(21)23-4)20(2,3)22/h18,22H,5-17H2,1-4H3/t18-/m0/s1. The molecule has 3 heteroatoms. The van der Waals surface area contributed by atoms with Gasteiger partial charge in [0.2, 0.25) is 0 Å². The molecule has 0 unspecified atom stereocenters. The molecule has 0 rings (SSSR count). The normalized spacial score (nSPS) is 13.1. The zero-order valence-electron chi connectivity index (χ0n) is 16.0. The summed E-state index contributed by atoms with van der Waals surface area (Å²) in [5.74, 6) is -0.698. The summed E-state index contributed by atoms with van der Waals surface area (Å²) in [5.41, 5.74) is -0.995. The van der Waals surface area contributed by atoms with E-state index in [2.05, 4.69) is 6.92 Å². The van der Waals surface area contributed by atoms with Gasteiger partial charge in [0.25, 0.3) is 0 Å². The van der Waals surface area contributed by atoms with Crippen molar-refractivity contribution in [3.05, 3.63) is 0 Å². The average molecular weight is 329 g/mol. The van der Waals surface area contributed by atoms with Crippen LogP contribution in [0.1, 0.15) is 104 Å². The van der Waals surface area contributed by atoms with E-state index in [1.54, 1.807) is 13.8 Å². The lowest BCUT2D eigenvalue weighted by Crippen LogP contribution is -2.37. The lowest BCUT2D eigenvalue weighted by molar-refractivity contribution is -0.154. The van der Waals surface area contributed by atoms with Gasteiger partial charge in [-0.2, -0.15) is 0 Å². The molecule has 0 aromatic rings. The molecule has 0 spiro atoms. The summed E-state index contributed by atoms with van der Waals surface area (Å²) in [6.07, 6.45) is 16.4. The summed E-state index contributed by atoms with van der Waals surface area (Å²) in [6, 6.07) is 0. The molecule has 0 radical (unpaired) electrons. The lowest BCUT2D eigenvalue weighted by atomic mass is 9.86. The van der Waals surface area contributed by atoms with Crippen LogP contribution in [-0.4, -0.2) is 23.8 Å². The van der Waals surface area contributed by atoms with Crippen LogP contribution in [0.15, 0.2) is 0 Å². The van der Waals surface area contributed by atoms with E-state index in [0.29, 0.717) is 6.42 Å². The fraction of sp³-hybridized carbons (Fsp3) is 0.950. The van der Waals surface area contributed by atoms with Crippen LogP contribution in [0.3, 0.4) is 0 Å². The molecule has 0 saturated carbocycles. The third-order valence-corrected chi connectivity index (χ3v) is 4.68. The van der Waals surface area contributed by atoms with Crippen LogP contribution in [0.4, 0.5) is 0 Å². The molecular weight excluding hydrogens is 288 g/mol. The van der Waals surface area contributed by atoms with E-state index in [0.717, 1.165) is 12.8 Å². The van der Waals surface area contributed by atoms with Gasteiger partial charge in [0.05, 0.1) is 18.6 Å². The van der Waals surface area contributed by atoms with Crippen molar-refractivity contribution in [1.29, 1.82) is 0 Å². The summed E-state index contributed by atoms with van der Waals surface area (Å²) in [5, 5.41) is 10.1. The Morgan fingerprint density at radius 3 is 1.61 bits per heavy atom. The minimum atomic E-state index is -0.995. The van der Waals surface area contributed by atoms with Crippen LogP contribution >= 0.6 is 0 Å². The average Bonchev–Trinajstić information content (AvgIpc) is 2.50. The van der Waals surface area contributed by atoms with E-state index in [1.165, 1.54) is 71.3 Å². The van der Waals surface area contributed by atoms with Crippen LogP contribution in [-0.2, 0) is 9.53 Å². The molecule has 0 aliphatic carbocycles. The number of carbonyl (C=O) groups excluding carboxylic acids is 1. The summed E-state index contributed by atoms with van der Waals surface area (Å²) in [6.45, 7) is 5.64. The van der Waals surface area contributed by atoms with Gasteiger partial charge >= 0.3 is 5.97 Å². The first-order chi connectivity index (χ1) is 10.9. The van der Waals surface area contributed by atoms with E-state index < -0.39 is 11.5 Å². The summed E-state index contributed by atoms with van der Waals surface area (Å²) < 4.78 is 4.80. The zero-order chi connectivity index (χ0) is 17.6. The lowest BCUT2D eigenvalue weighted by Gasteiger charge is -2.26. The van der Waals surface area contributed by atoms with Crippen molar-refractivity contribution in [2.45, 2.75) is 110 Å². The molecule has 0 bridgehead atoms. The zero-order valence-corrected chi connectivity index (χ0v) is 16.0. The maximum atomic E-state index is 11.7. The second kappa shape index (κ2) is 13.8. The Morgan fingerprint density at radius 2 is 1.26 bits per heavy atom. The van der Waals surface area contributed by atoms with Crippen molar-refractivity contribution < 1.29 is 14.6 Å². The van der Waals surface area contributed by atoms with Crippen molar-refractivity contribution in [3.63, 3.8) is 0 Å². The van der Waals surface area contributed by atoms with Crippen molar-refractivity contribution in [1.82, 2.24) is 0 Å². The van der Waals surface area contributed by atoms with E-state index in [4.69, 9.17) is 4.74 Å². The Labute approximate surface area is 144 Å². The fourth-order valence-electron chi connectivity index (χ4n) is 3.09. The highest BCUT2D eigenvalue weighted by Gasteiger charge is 2.33. The topological polar surface area (TPSA) is 46.5 Å². The van der Waals surface area contributed by atoms with Gasteiger partial charge in [-0.05, 0) is 20.3 Å². The van der Waals surface area contributed by atoms with Gasteiger partial charge in [-0.25, -0.2) is 0 Å². The van der Waals surface area contributed by atoms with E-state index in [9.17, 15) is 9.90 Å². The van der Waals surface area contributed by atoms with Crippen LogP contribution < -0.4 is 0 Å². The fourth-order valence-corrected chi connectivity index (χ4v) is 3.09. The molecule has 0 aliphatic rings. The Morgan fingerprint density at radius 1 is 0.870 bits per heavy atom. The highest BCUT2D eigenvalue weighted by molar-refractivity contribution is 5.73. The number of unbranched alkanes of at least 4 members (excludes halogenated alkanes) is 11. The van der Waals surface area contributed by atoms with Crippen LogP contribution in [0.25, 0.3) is 0 Å².